The van der Waals surface area contributed by atoms with Crippen LogP contribution < -0.4 is 31.6 Å². The van der Waals surface area contributed by atoms with Gasteiger partial charge in [-0.3, -0.25) is 48.3 Å². The number of hydrogen-bond donors (Lipinski definition) is 4. The molecule has 5 heterocycles. The number of carbonyl (C=O) groups excluding carboxylic acids is 6. The first-order valence-electron chi connectivity index (χ1n) is 18.4. The standard InChI is InChI=1S/C38H40N8O8/c1-21-17-25(36(53)46-31(21)33(50)44-38(46)14-12-37(10-11-37)13-15-38)41-27-19-28(40-20-39-27)42-29(47)5-3-2-4-16-54-22-6-7-23-24(18-22)35(52)45(34(23)51)26-8-9-30(48)43-32(26)49/h6-7,17-20,26H,2-5,8-16H2,1H3,(H,44,50)(H,43,48,49)(H2,39,40,41,42,47). The third-order valence-electron chi connectivity index (χ3n) is 11.4. The molecule has 5 aliphatic rings. The van der Waals surface area contributed by atoms with Gasteiger partial charge in [-0.25, -0.2) is 9.97 Å². The minimum absolute atomic E-state index is 0.0445. The second kappa shape index (κ2) is 13.5. The molecule has 16 heteroatoms. The Morgan fingerprint density at radius 2 is 1.65 bits per heavy atom. The number of pyridine rings is 1. The lowest BCUT2D eigenvalue weighted by atomic mass is 9.79. The number of amides is 6. The number of anilines is 3. The Hall–Kier alpha value is -5.93. The van der Waals surface area contributed by atoms with E-state index >= 15 is 0 Å². The summed E-state index contributed by atoms with van der Waals surface area (Å²) in [5.74, 6) is -1.76. The first-order chi connectivity index (χ1) is 26.0. The maximum atomic E-state index is 13.8. The first kappa shape index (κ1) is 35.1. The van der Waals surface area contributed by atoms with Gasteiger partial charge in [0.25, 0.3) is 23.3 Å². The van der Waals surface area contributed by atoms with Crippen molar-refractivity contribution in [3.63, 3.8) is 0 Å². The molecule has 280 valence electrons. The monoisotopic (exact) mass is 736 g/mol. The van der Waals surface area contributed by atoms with Crippen LogP contribution in [0.3, 0.4) is 0 Å². The van der Waals surface area contributed by atoms with Gasteiger partial charge in [0.2, 0.25) is 17.7 Å². The van der Waals surface area contributed by atoms with Gasteiger partial charge in [-0.15, -0.1) is 0 Å². The second-order valence-electron chi connectivity index (χ2n) is 15.0. The quantitative estimate of drug-likeness (QED) is 0.166. The van der Waals surface area contributed by atoms with Crippen molar-refractivity contribution in [3.05, 3.63) is 69.4 Å². The molecular formula is C38H40N8O8. The molecule has 2 aliphatic carbocycles. The highest BCUT2D eigenvalue weighted by Crippen LogP contribution is 2.59. The van der Waals surface area contributed by atoms with E-state index in [1.165, 1.54) is 31.3 Å². The Morgan fingerprint density at radius 3 is 2.41 bits per heavy atom. The maximum absolute atomic E-state index is 13.8. The molecule has 0 bridgehead atoms. The van der Waals surface area contributed by atoms with Gasteiger partial charge in [0.1, 0.15) is 46.8 Å². The fourth-order valence-electron chi connectivity index (χ4n) is 8.20. The predicted molar refractivity (Wildman–Crippen MR) is 192 cm³/mol. The number of fused-ring (bicyclic) bond motifs is 3. The van der Waals surface area contributed by atoms with Gasteiger partial charge in [0.05, 0.1) is 17.7 Å². The van der Waals surface area contributed by atoms with Gasteiger partial charge < -0.3 is 20.7 Å². The van der Waals surface area contributed by atoms with E-state index in [4.69, 9.17) is 4.74 Å². The third kappa shape index (κ3) is 6.38. The lowest BCUT2D eigenvalue weighted by Gasteiger charge is -2.39. The van der Waals surface area contributed by atoms with E-state index in [9.17, 15) is 33.6 Å². The molecule has 1 aromatic carbocycles. The number of unbranched alkanes of at least 4 members (excludes halogenated alkanes) is 2. The molecule has 54 heavy (non-hydrogen) atoms. The third-order valence-corrected chi connectivity index (χ3v) is 11.4. The Kier molecular flexibility index (Phi) is 8.77. The highest BCUT2D eigenvalue weighted by molar-refractivity contribution is 6.23. The Balaban J connectivity index is 0.812. The van der Waals surface area contributed by atoms with E-state index in [0.29, 0.717) is 54.1 Å². The molecule has 3 aliphatic heterocycles. The van der Waals surface area contributed by atoms with E-state index in [2.05, 4.69) is 31.2 Å². The SMILES string of the molecule is Cc1cc(Nc2cc(NC(=O)CCCCCOc3ccc4c(c3)C(=O)N(C3CCC(=O)NC3=O)C4=O)ncn2)c(=O)n2c1C(=O)NC21CCC2(CC2)CC1. The van der Waals surface area contributed by atoms with Crippen molar-refractivity contribution in [3.8, 4) is 5.75 Å². The largest absolute Gasteiger partial charge is 0.494 e. The van der Waals surface area contributed by atoms with E-state index in [-0.39, 0.29) is 59.3 Å². The average molecular weight is 737 g/mol. The van der Waals surface area contributed by atoms with Crippen molar-refractivity contribution in [1.82, 2.24) is 30.1 Å². The number of carbonyl (C=O) groups is 6. The van der Waals surface area contributed by atoms with E-state index < -0.39 is 35.3 Å². The molecule has 16 nitrogen and oxygen atoms in total. The van der Waals surface area contributed by atoms with Crippen LogP contribution in [0.25, 0.3) is 0 Å². The van der Waals surface area contributed by atoms with Gasteiger partial charge >= 0.3 is 0 Å². The molecule has 1 saturated heterocycles. The predicted octanol–water partition coefficient (Wildman–Crippen LogP) is 3.42. The number of aryl methyl sites for hydroxylation is 1. The molecule has 0 radical (unpaired) electrons. The summed E-state index contributed by atoms with van der Waals surface area (Å²) in [6.45, 7) is 2.13. The molecule has 4 N–H and O–H groups in total. The maximum Gasteiger partial charge on any atom is 0.276 e. The van der Waals surface area contributed by atoms with Crippen molar-refractivity contribution in [2.24, 2.45) is 5.41 Å². The molecule has 2 aromatic heterocycles. The Bertz CT molecular complexity index is 2180. The number of imide groups is 2. The van der Waals surface area contributed by atoms with Gasteiger partial charge in [-0.05, 0) is 106 Å². The van der Waals surface area contributed by atoms with Crippen molar-refractivity contribution in [1.29, 1.82) is 0 Å². The summed E-state index contributed by atoms with van der Waals surface area (Å²) in [7, 11) is 0. The summed E-state index contributed by atoms with van der Waals surface area (Å²) in [5, 5.41) is 11.2. The molecule has 3 aromatic rings. The molecule has 2 spiro atoms. The van der Waals surface area contributed by atoms with Crippen molar-refractivity contribution < 1.29 is 33.5 Å². The summed E-state index contributed by atoms with van der Waals surface area (Å²) in [6, 6.07) is 6.74. The highest BCUT2D eigenvalue weighted by Gasteiger charge is 2.54. The number of aromatic nitrogens is 3. The first-order valence-corrected chi connectivity index (χ1v) is 18.4. The zero-order valence-electron chi connectivity index (χ0n) is 29.8. The van der Waals surface area contributed by atoms with Crippen LogP contribution in [-0.2, 0) is 20.0 Å². The van der Waals surface area contributed by atoms with Gasteiger partial charge in [0.15, 0.2) is 0 Å². The van der Waals surface area contributed by atoms with Gasteiger partial charge in [0, 0.05) is 18.9 Å². The minimum atomic E-state index is -1.04. The summed E-state index contributed by atoms with van der Waals surface area (Å²) < 4.78 is 7.45. The van der Waals surface area contributed by atoms with Crippen LogP contribution >= 0.6 is 0 Å². The number of ether oxygens (including phenoxy) is 1. The number of piperidine rings is 1. The van der Waals surface area contributed by atoms with Gasteiger partial charge in [-0.1, -0.05) is 0 Å². The van der Waals surface area contributed by atoms with Crippen molar-refractivity contribution in [2.75, 3.05) is 17.2 Å². The fraction of sp³-hybridized carbons (Fsp3) is 0.447. The summed E-state index contributed by atoms with van der Waals surface area (Å²) >= 11 is 0. The lowest BCUT2D eigenvalue weighted by molar-refractivity contribution is -0.136. The molecular weight excluding hydrogens is 696 g/mol. The molecule has 3 fully saturated rings. The van der Waals surface area contributed by atoms with E-state index in [1.807, 2.05) is 6.92 Å². The average Bonchev–Trinajstić information content (AvgIpc) is 3.78. The molecule has 2 saturated carbocycles. The molecule has 8 rings (SSSR count). The van der Waals surface area contributed by atoms with Crippen molar-refractivity contribution >= 4 is 52.8 Å². The molecule has 1 atom stereocenters. The molecule has 1 unspecified atom stereocenters. The normalized spacial score (nSPS) is 20.4. The van der Waals surface area contributed by atoms with Crippen LogP contribution in [0.2, 0.25) is 0 Å². The van der Waals surface area contributed by atoms with Crippen LogP contribution in [-0.4, -0.2) is 67.5 Å². The summed E-state index contributed by atoms with van der Waals surface area (Å²) in [4.78, 5) is 98.7. The van der Waals surface area contributed by atoms with Gasteiger partial charge in [-0.2, -0.15) is 0 Å². The second-order valence-corrected chi connectivity index (χ2v) is 15.0. The van der Waals surface area contributed by atoms with Crippen LogP contribution in [0, 0.1) is 12.3 Å². The lowest BCUT2D eigenvalue weighted by Crippen LogP contribution is -2.54. The zero-order valence-corrected chi connectivity index (χ0v) is 29.8. The number of hydrogen-bond acceptors (Lipinski definition) is 11. The number of benzene rings is 1. The zero-order chi connectivity index (χ0) is 37.8. The van der Waals surface area contributed by atoms with Crippen LogP contribution in [0.4, 0.5) is 17.3 Å². The van der Waals surface area contributed by atoms with Crippen LogP contribution in [0.15, 0.2) is 41.5 Å². The van der Waals surface area contributed by atoms with Crippen LogP contribution in [0.5, 0.6) is 5.75 Å². The Morgan fingerprint density at radius 1 is 0.907 bits per heavy atom. The summed E-state index contributed by atoms with van der Waals surface area (Å²) in [5.41, 5.74) is 1.05. The summed E-state index contributed by atoms with van der Waals surface area (Å²) in [6.07, 6.45) is 9.37. The molecule has 6 amide bonds. The Labute approximate surface area is 309 Å². The van der Waals surface area contributed by atoms with E-state index in [1.54, 1.807) is 22.8 Å². The minimum Gasteiger partial charge on any atom is -0.494 e. The van der Waals surface area contributed by atoms with E-state index in [0.717, 1.165) is 30.6 Å². The topological polar surface area (TPSA) is 211 Å². The number of nitrogens with zero attached hydrogens (tertiary/aromatic N) is 4. The van der Waals surface area contributed by atoms with Crippen molar-refractivity contribution in [2.45, 2.75) is 95.7 Å². The highest BCUT2D eigenvalue weighted by atomic mass is 16.5. The fourth-order valence-corrected chi connectivity index (χ4v) is 8.20. The number of nitrogens with one attached hydrogen (secondary N) is 4. The smallest absolute Gasteiger partial charge is 0.276 e. The van der Waals surface area contributed by atoms with Crippen LogP contribution in [0.1, 0.15) is 114 Å². The number of rotatable bonds is 11.